The van der Waals surface area contributed by atoms with E-state index in [1.54, 1.807) is 36.3 Å². The summed E-state index contributed by atoms with van der Waals surface area (Å²) in [5, 5.41) is 5.58. The highest BCUT2D eigenvalue weighted by molar-refractivity contribution is 6.34. The molecule has 3 aromatic rings. The molecule has 0 spiro atoms. The van der Waals surface area contributed by atoms with E-state index in [1.165, 1.54) is 0 Å². The van der Waals surface area contributed by atoms with Crippen molar-refractivity contribution in [2.24, 2.45) is 0 Å². The Balaban J connectivity index is 1.76. The number of pyridine rings is 2. The Morgan fingerprint density at radius 2 is 2.20 bits per heavy atom. The third-order valence-electron chi connectivity index (χ3n) is 3.56. The Hall–Kier alpha value is -2.54. The van der Waals surface area contributed by atoms with E-state index in [4.69, 9.17) is 16.3 Å². The molecule has 3 rings (SSSR count). The maximum atomic E-state index is 13.2. The van der Waals surface area contributed by atoms with Gasteiger partial charge in [-0.3, -0.25) is 4.68 Å². The van der Waals surface area contributed by atoms with E-state index in [9.17, 15) is 8.78 Å². The van der Waals surface area contributed by atoms with Crippen LogP contribution in [0.1, 0.15) is 11.1 Å². The van der Waals surface area contributed by atoms with Crippen LogP contribution in [0, 0.1) is 6.92 Å². The van der Waals surface area contributed by atoms with Crippen molar-refractivity contribution in [2.75, 3.05) is 6.61 Å². The fraction of sp³-hybridized carbons (Fsp3) is 0.235. The lowest BCUT2D eigenvalue weighted by Gasteiger charge is -2.14. The first-order valence-electron chi connectivity index (χ1n) is 7.45. The number of aryl methyl sites for hydroxylation is 1. The van der Waals surface area contributed by atoms with Gasteiger partial charge in [0.1, 0.15) is 5.15 Å². The predicted molar refractivity (Wildman–Crippen MR) is 91.3 cm³/mol. The lowest BCUT2D eigenvalue weighted by Crippen LogP contribution is -2.23. The minimum absolute atomic E-state index is 0.170. The Morgan fingerprint density at radius 1 is 1.40 bits per heavy atom. The van der Waals surface area contributed by atoms with Crippen LogP contribution in [0.3, 0.4) is 0 Å². The van der Waals surface area contributed by atoms with Crippen molar-refractivity contribution in [3.05, 3.63) is 59.7 Å². The average Bonchev–Trinajstić information content (AvgIpc) is 2.98. The average molecular weight is 365 g/mol. The molecule has 0 aliphatic rings. The lowest BCUT2D eigenvalue weighted by atomic mass is 10.2. The van der Waals surface area contributed by atoms with Crippen LogP contribution in [0.4, 0.5) is 8.78 Å². The maximum absolute atomic E-state index is 13.2. The van der Waals surface area contributed by atoms with Crippen LogP contribution in [0.15, 0.2) is 43.4 Å². The number of aromatic nitrogens is 4. The van der Waals surface area contributed by atoms with Gasteiger partial charge in [-0.15, -0.1) is 0 Å². The number of hydrogen-bond donors (Lipinski definition) is 0. The highest BCUT2D eigenvalue weighted by atomic mass is 35.5. The summed E-state index contributed by atoms with van der Waals surface area (Å²) >= 11 is 6.04. The Labute approximate surface area is 147 Å². The second-order valence-electron chi connectivity index (χ2n) is 5.58. The summed E-state index contributed by atoms with van der Waals surface area (Å²) in [5.74, 6) is -2.92. The molecule has 0 radical (unpaired) electrons. The van der Waals surface area contributed by atoms with Crippen LogP contribution >= 0.6 is 11.6 Å². The summed E-state index contributed by atoms with van der Waals surface area (Å²) in [4.78, 5) is 8.13. The standard InChI is InChI=1S/C17H15ClF2N4O/c1-3-17(19,20)10-25-16-11(2)6-12(7-22-16)8-24-9-13-14(23-24)4-5-21-15(13)18/h3-7,9H,1,8,10H2,2H3. The van der Waals surface area contributed by atoms with Crippen LogP contribution < -0.4 is 4.74 Å². The highest BCUT2D eigenvalue weighted by Crippen LogP contribution is 2.22. The zero-order chi connectivity index (χ0) is 18.0. The quantitative estimate of drug-likeness (QED) is 0.489. The number of alkyl halides is 2. The Bertz CT molecular complexity index is 926. The molecule has 0 aromatic carbocycles. The molecule has 0 amide bonds. The number of ether oxygens (including phenoxy) is 1. The molecule has 0 fully saturated rings. The second-order valence-corrected chi connectivity index (χ2v) is 5.94. The van der Waals surface area contributed by atoms with Gasteiger partial charge in [0.25, 0.3) is 5.92 Å². The van der Waals surface area contributed by atoms with Gasteiger partial charge in [0.05, 0.1) is 17.4 Å². The Kier molecular flexibility index (Phi) is 4.67. The van der Waals surface area contributed by atoms with Crippen LogP contribution in [-0.2, 0) is 6.54 Å². The molecule has 0 aliphatic carbocycles. The van der Waals surface area contributed by atoms with Crippen molar-refractivity contribution in [3.63, 3.8) is 0 Å². The van der Waals surface area contributed by atoms with Gasteiger partial charge in [0.2, 0.25) is 5.88 Å². The second kappa shape index (κ2) is 6.76. The van der Waals surface area contributed by atoms with Gasteiger partial charge in [-0.25, -0.2) is 9.97 Å². The largest absolute Gasteiger partial charge is 0.471 e. The van der Waals surface area contributed by atoms with E-state index in [0.29, 0.717) is 23.3 Å². The smallest absolute Gasteiger partial charge is 0.299 e. The SMILES string of the molecule is C=CC(F)(F)COc1ncc(Cn2cc3c(Cl)nccc3n2)cc1C. The molecular weight excluding hydrogens is 350 g/mol. The molecule has 0 atom stereocenters. The topological polar surface area (TPSA) is 52.8 Å². The summed E-state index contributed by atoms with van der Waals surface area (Å²) in [7, 11) is 0. The molecule has 0 saturated heterocycles. The first-order chi connectivity index (χ1) is 11.9. The monoisotopic (exact) mass is 364 g/mol. The van der Waals surface area contributed by atoms with Crippen molar-refractivity contribution in [3.8, 4) is 5.88 Å². The van der Waals surface area contributed by atoms with Gasteiger partial charge in [-0.05, 0) is 30.7 Å². The van der Waals surface area contributed by atoms with E-state index in [2.05, 4.69) is 21.6 Å². The van der Waals surface area contributed by atoms with Crippen LogP contribution in [-0.4, -0.2) is 32.3 Å². The molecule has 0 saturated carbocycles. The minimum Gasteiger partial charge on any atom is -0.471 e. The fourth-order valence-corrected chi connectivity index (χ4v) is 2.51. The number of rotatable bonds is 6. The minimum atomic E-state index is -3.09. The third-order valence-corrected chi connectivity index (χ3v) is 3.87. The number of nitrogens with zero attached hydrogens (tertiary/aromatic N) is 4. The first-order valence-corrected chi connectivity index (χ1v) is 7.83. The molecular formula is C17H15ClF2N4O. The number of fused-ring (bicyclic) bond motifs is 1. The maximum Gasteiger partial charge on any atom is 0.299 e. The summed E-state index contributed by atoms with van der Waals surface area (Å²) in [5.41, 5.74) is 2.27. The summed E-state index contributed by atoms with van der Waals surface area (Å²) in [6, 6.07) is 3.60. The normalized spacial score (nSPS) is 11.7. The molecule has 3 aromatic heterocycles. The third kappa shape index (κ3) is 3.93. The molecule has 0 aliphatic heterocycles. The fourth-order valence-electron chi connectivity index (χ4n) is 2.31. The zero-order valence-electron chi connectivity index (χ0n) is 13.4. The molecule has 3 heterocycles. The molecule has 0 unspecified atom stereocenters. The summed E-state index contributed by atoms with van der Waals surface area (Å²) in [6.45, 7) is 4.49. The van der Waals surface area contributed by atoms with Gasteiger partial charge in [-0.2, -0.15) is 13.9 Å². The molecule has 0 bridgehead atoms. The van der Waals surface area contributed by atoms with Crippen molar-refractivity contribution in [2.45, 2.75) is 19.4 Å². The molecule has 130 valence electrons. The summed E-state index contributed by atoms with van der Waals surface area (Å²) in [6.07, 6.45) is 5.52. The Morgan fingerprint density at radius 3 is 2.88 bits per heavy atom. The lowest BCUT2D eigenvalue weighted by molar-refractivity contribution is 0.00372. The van der Waals surface area contributed by atoms with Gasteiger partial charge < -0.3 is 4.74 Å². The van der Waals surface area contributed by atoms with Crippen LogP contribution in [0.5, 0.6) is 5.88 Å². The van der Waals surface area contributed by atoms with E-state index < -0.39 is 12.5 Å². The van der Waals surface area contributed by atoms with Gasteiger partial charge in [-0.1, -0.05) is 18.2 Å². The number of halogens is 3. The van der Waals surface area contributed by atoms with Gasteiger partial charge in [0, 0.05) is 24.2 Å². The molecule has 0 N–H and O–H groups in total. The van der Waals surface area contributed by atoms with E-state index in [-0.39, 0.29) is 5.88 Å². The molecule has 5 nitrogen and oxygen atoms in total. The van der Waals surface area contributed by atoms with E-state index in [0.717, 1.165) is 16.5 Å². The van der Waals surface area contributed by atoms with Crippen LogP contribution in [0.2, 0.25) is 5.15 Å². The van der Waals surface area contributed by atoms with Crippen molar-refractivity contribution < 1.29 is 13.5 Å². The first kappa shape index (κ1) is 17.3. The van der Waals surface area contributed by atoms with Crippen molar-refractivity contribution in [1.29, 1.82) is 0 Å². The van der Waals surface area contributed by atoms with Gasteiger partial charge in [0.15, 0.2) is 6.61 Å². The van der Waals surface area contributed by atoms with Crippen molar-refractivity contribution in [1.82, 2.24) is 19.7 Å². The van der Waals surface area contributed by atoms with E-state index >= 15 is 0 Å². The molecule has 25 heavy (non-hydrogen) atoms. The molecule has 8 heteroatoms. The van der Waals surface area contributed by atoms with Crippen molar-refractivity contribution >= 4 is 22.5 Å². The summed E-state index contributed by atoms with van der Waals surface area (Å²) < 4.78 is 33.1. The van der Waals surface area contributed by atoms with Gasteiger partial charge >= 0.3 is 0 Å². The zero-order valence-corrected chi connectivity index (χ0v) is 14.2. The van der Waals surface area contributed by atoms with Crippen LogP contribution in [0.25, 0.3) is 10.9 Å². The van der Waals surface area contributed by atoms with E-state index in [1.807, 2.05) is 6.07 Å². The highest BCUT2D eigenvalue weighted by Gasteiger charge is 2.25. The number of hydrogen-bond acceptors (Lipinski definition) is 4. The predicted octanol–water partition coefficient (Wildman–Crippen LogP) is 4.04.